The number of aromatic nitrogens is 4. The SMILES string of the molecule is COc1cc(Nc2ncc3ccc4ccn(C(C)C)c4c3n2)ncc1N1C2CCC1CNC2. The van der Waals surface area contributed by atoms with E-state index < -0.39 is 0 Å². The standard InChI is InChI=1S/C25H29N7O/c1-15(2)31-9-8-16-4-5-17-11-28-25(30-23(17)24(16)31)29-22-10-21(33-3)20(14-27-22)32-18-6-7-19(32)13-26-12-18/h4-5,8-11,14-15,18-19,26H,6-7,12-13H2,1-3H3,(H,27,28,29,30). The maximum atomic E-state index is 5.77. The highest BCUT2D eigenvalue weighted by Gasteiger charge is 2.38. The van der Waals surface area contributed by atoms with Crippen LogP contribution in [0, 0.1) is 0 Å². The Balaban J connectivity index is 1.35. The third kappa shape index (κ3) is 3.36. The second-order valence-electron chi connectivity index (χ2n) is 9.27. The van der Waals surface area contributed by atoms with Gasteiger partial charge in [-0.1, -0.05) is 12.1 Å². The lowest BCUT2D eigenvalue weighted by atomic mass is 10.2. The highest BCUT2D eigenvalue weighted by Crippen LogP contribution is 2.39. The normalized spacial score (nSPS) is 20.2. The first-order valence-corrected chi connectivity index (χ1v) is 11.7. The predicted octanol–water partition coefficient (Wildman–Crippen LogP) is 4.25. The van der Waals surface area contributed by atoms with Crippen molar-refractivity contribution in [3.63, 3.8) is 0 Å². The van der Waals surface area contributed by atoms with E-state index in [9.17, 15) is 0 Å². The third-order valence-corrected chi connectivity index (χ3v) is 6.95. The molecule has 8 heteroatoms. The maximum Gasteiger partial charge on any atom is 0.228 e. The quantitative estimate of drug-likeness (QED) is 0.477. The highest BCUT2D eigenvalue weighted by atomic mass is 16.5. The smallest absolute Gasteiger partial charge is 0.228 e. The zero-order valence-corrected chi connectivity index (χ0v) is 19.2. The number of ether oxygens (including phenoxy) is 1. The van der Waals surface area contributed by atoms with Crippen LogP contribution in [0.25, 0.3) is 21.8 Å². The maximum absolute atomic E-state index is 5.77. The highest BCUT2D eigenvalue weighted by molar-refractivity contribution is 6.03. The molecule has 5 heterocycles. The Hall–Kier alpha value is -3.39. The molecule has 2 atom stereocenters. The van der Waals surface area contributed by atoms with E-state index in [1.165, 1.54) is 18.2 Å². The van der Waals surface area contributed by atoms with Crippen LogP contribution in [0.1, 0.15) is 32.7 Å². The van der Waals surface area contributed by atoms with E-state index in [-0.39, 0.29) is 0 Å². The first-order chi connectivity index (χ1) is 16.1. The lowest BCUT2D eigenvalue weighted by Crippen LogP contribution is -2.52. The molecule has 2 bridgehead atoms. The van der Waals surface area contributed by atoms with Crippen molar-refractivity contribution in [1.29, 1.82) is 0 Å². The van der Waals surface area contributed by atoms with E-state index in [1.807, 2.05) is 18.5 Å². The van der Waals surface area contributed by atoms with Crippen LogP contribution in [-0.4, -0.2) is 51.8 Å². The average Bonchev–Trinajstić information content (AvgIpc) is 3.37. The topological polar surface area (TPSA) is 80.1 Å². The van der Waals surface area contributed by atoms with Crippen LogP contribution in [-0.2, 0) is 0 Å². The summed E-state index contributed by atoms with van der Waals surface area (Å²) in [6.07, 6.45) is 8.32. The molecule has 2 fully saturated rings. The molecule has 2 saturated heterocycles. The van der Waals surface area contributed by atoms with Gasteiger partial charge in [-0.3, -0.25) is 0 Å². The van der Waals surface area contributed by atoms with Crippen molar-refractivity contribution in [2.75, 3.05) is 30.4 Å². The minimum atomic E-state index is 0.346. The van der Waals surface area contributed by atoms with Gasteiger partial charge in [0.15, 0.2) is 0 Å². The van der Waals surface area contributed by atoms with Crippen LogP contribution in [0.2, 0.25) is 0 Å². The molecular formula is C25H29N7O. The summed E-state index contributed by atoms with van der Waals surface area (Å²) >= 11 is 0. The number of benzene rings is 1. The van der Waals surface area contributed by atoms with Gasteiger partial charge in [-0.25, -0.2) is 15.0 Å². The monoisotopic (exact) mass is 443 g/mol. The van der Waals surface area contributed by atoms with Crippen LogP contribution in [0.15, 0.2) is 42.9 Å². The summed E-state index contributed by atoms with van der Waals surface area (Å²) in [7, 11) is 1.72. The fourth-order valence-corrected chi connectivity index (χ4v) is 5.37. The van der Waals surface area contributed by atoms with Gasteiger partial charge in [0, 0.05) is 60.4 Å². The minimum absolute atomic E-state index is 0.346. The lowest BCUT2D eigenvalue weighted by Gasteiger charge is -2.37. The zero-order chi connectivity index (χ0) is 22.5. The van der Waals surface area contributed by atoms with E-state index in [2.05, 4.69) is 63.3 Å². The minimum Gasteiger partial charge on any atom is -0.494 e. The fraction of sp³-hybridized carbons (Fsp3) is 0.400. The molecule has 4 aromatic rings. The van der Waals surface area contributed by atoms with Crippen molar-refractivity contribution in [2.45, 2.75) is 44.8 Å². The van der Waals surface area contributed by atoms with Gasteiger partial charge < -0.3 is 24.8 Å². The number of hydrogen-bond acceptors (Lipinski definition) is 7. The van der Waals surface area contributed by atoms with E-state index in [4.69, 9.17) is 14.7 Å². The molecule has 33 heavy (non-hydrogen) atoms. The first kappa shape index (κ1) is 20.2. The number of pyridine rings is 1. The fourth-order valence-electron chi connectivity index (χ4n) is 5.37. The van der Waals surface area contributed by atoms with Crippen molar-refractivity contribution in [1.82, 2.24) is 24.8 Å². The van der Waals surface area contributed by atoms with Crippen LogP contribution < -0.4 is 20.3 Å². The van der Waals surface area contributed by atoms with Gasteiger partial charge >= 0.3 is 0 Å². The third-order valence-electron chi connectivity index (χ3n) is 6.95. The number of anilines is 3. The summed E-state index contributed by atoms with van der Waals surface area (Å²) < 4.78 is 8.03. The van der Waals surface area contributed by atoms with Gasteiger partial charge in [0.2, 0.25) is 5.95 Å². The van der Waals surface area contributed by atoms with Gasteiger partial charge in [-0.05, 0) is 32.8 Å². The summed E-state index contributed by atoms with van der Waals surface area (Å²) in [6, 6.07) is 9.63. The number of nitrogens with one attached hydrogen (secondary N) is 2. The summed E-state index contributed by atoms with van der Waals surface area (Å²) in [5.74, 6) is 2.02. The molecule has 2 aliphatic heterocycles. The van der Waals surface area contributed by atoms with Crippen LogP contribution in [0.4, 0.5) is 17.5 Å². The van der Waals surface area contributed by atoms with Gasteiger partial charge in [-0.15, -0.1) is 0 Å². The van der Waals surface area contributed by atoms with Crippen LogP contribution in [0.3, 0.4) is 0 Å². The van der Waals surface area contributed by atoms with Crippen LogP contribution >= 0.6 is 0 Å². The Morgan fingerprint density at radius 3 is 2.61 bits per heavy atom. The Kier molecular flexibility index (Phi) is 4.83. The Morgan fingerprint density at radius 2 is 1.85 bits per heavy atom. The number of rotatable bonds is 5. The molecule has 0 aliphatic carbocycles. The molecule has 2 N–H and O–H groups in total. The first-order valence-electron chi connectivity index (χ1n) is 11.7. The van der Waals surface area contributed by atoms with Gasteiger partial charge in [-0.2, -0.15) is 0 Å². The summed E-state index contributed by atoms with van der Waals surface area (Å²) in [5.41, 5.74) is 3.13. The average molecular weight is 444 g/mol. The second-order valence-corrected chi connectivity index (χ2v) is 9.27. The van der Waals surface area contributed by atoms with Crippen molar-refractivity contribution in [2.24, 2.45) is 0 Å². The number of piperazine rings is 1. The molecule has 0 amide bonds. The molecular weight excluding hydrogens is 414 g/mol. The van der Waals surface area contributed by atoms with Gasteiger partial charge in [0.05, 0.1) is 24.5 Å². The van der Waals surface area contributed by atoms with E-state index >= 15 is 0 Å². The second kappa shape index (κ2) is 7.88. The molecule has 170 valence electrons. The molecule has 8 nitrogen and oxygen atoms in total. The molecule has 3 aromatic heterocycles. The van der Waals surface area contributed by atoms with Crippen molar-refractivity contribution in [3.05, 3.63) is 42.9 Å². The molecule has 0 radical (unpaired) electrons. The van der Waals surface area contributed by atoms with E-state index in [0.717, 1.165) is 40.9 Å². The molecule has 6 rings (SSSR count). The summed E-state index contributed by atoms with van der Waals surface area (Å²) in [4.78, 5) is 16.6. The number of methoxy groups -OCH3 is 1. The Bertz CT molecular complexity index is 1320. The van der Waals surface area contributed by atoms with E-state index in [1.54, 1.807) is 7.11 Å². The predicted molar refractivity (Wildman–Crippen MR) is 132 cm³/mol. The molecule has 1 aromatic carbocycles. The number of nitrogens with zero attached hydrogens (tertiary/aromatic N) is 5. The molecule has 2 unspecified atom stereocenters. The zero-order valence-electron chi connectivity index (χ0n) is 19.2. The number of fused-ring (bicyclic) bond motifs is 5. The molecule has 2 aliphatic rings. The summed E-state index contributed by atoms with van der Waals surface area (Å²) in [5, 5.41) is 9.02. The molecule has 0 saturated carbocycles. The molecule has 0 spiro atoms. The Morgan fingerprint density at radius 1 is 1.06 bits per heavy atom. The van der Waals surface area contributed by atoms with Crippen molar-refractivity contribution < 1.29 is 4.74 Å². The van der Waals surface area contributed by atoms with E-state index in [0.29, 0.717) is 29.9 Å². The summed E-state index contributed by atoms with van der Waals surface area (Å²) in [6.45, 7) is 6.39. The van der Waals surface area contributed by atoms with Crippen molar-refractivity contribution in [3.8, 4) is 5.75 Å². The lowest BCUT2D eigenvalue weighted by molar-refractivity contribution is 0.407. The van der Waals surface area contributed by atoms with Crippen molar-refractivity contribution >= 4 is 39.3 Å². The van der Waals surface area contributed by atoms with Gasteiger partial charge in [0.25, 0.3) is 0 Å². The van der Waals surface area contributed by atoms with Crippen LogP contribution in [0.5, 0.6) is 5.75 Å². The number of hydrogen-bond donors (Lipinski definition) is 2. The Labute approximate surface area is 193 Å². The van der Waals surface area contributed by atoms with Gasteiger partial charge in [0.1, 0.15) is 17.1 Å². The largest absolute Gasteiger partial charge is 0.494 e.